The summed E-state index contributed by atoms with van der Waals surface area (Å²) in [6, 6.07) is 4.57. The van der Waals surface area contributed by atoms with Gasteiger partial charge in [-0.15, -0.1) is 11.6 Å². The molecule has 1 saturated heterocycles. The van der Waals surface area contributed by atoms with E-state index in [0.717, 1.165) is 4.47 Å². The zero-order valence-electron chi connectivity index (χ0n) is 8.42. The molecule has 2 rings (SSSR count). The molecule has 16 heavy (non-hydrogen) atoms. The Morgan fingerprint density at radius 2 is 2.31 bits per heavy atom. The minimum atomic E-state index is -0.383. The monoisotopic (exact) mass is 305 g/mol. The third-order valence-corrected chi connectivity index (χ3v) is 3.55. The van der Waals surface area contributed by atoms with E-state index in [1.54, 1.807) is 12.1 Å². The minimum absolute atomic E-state index is 0.0670. The highest BCUT2D eigenvalue weighted by Gasteiger charge is 2.31. The Hall–Kier alpha value is -0.610. The van der Waals surface area contributed by atoms with E-state index in [1.807, 2.05) is 0 Å². The van der Waals surface area contributed by atoms with Gasteiger partial charge in [0.2, 0.25) is 5.91 Å². The fourth-order valence-corrected chi connectivity index (χ4v) is 2.37. The van der Waals surface area contributed by atoms with Crippen LogP contribution >= 0.6 is 27.5 Å². The third-order valence-electron chi connectivity index (χ3n) is 2.62. The lowest BCUT2D eigenvalue weighted by molar-refractivity contribution is -0.117. The molecule has 1 aromatic carbocycles. The van der Waals surface area contributed by atoms with Crippen LogP contribution in [0.4, 0.5) is 10.1 Å². The van der Waals surface area contributed by atoms with Gasteiger partial charge in [-0.3, -0.25) is 4.79 Å². The van der Waals surface area contributed by atoms with Gasteiger partial charge in [-0.25, -0.2) is 4.39 Å². The van der Waals surface area contributed by atoms with E-state index in [4.69, 9.17) is 11.6 Å². The number of amides is 1. The molecule has 1 aromatic rings. The average molecular weight is 307 g/mol. The summed E-state index contributed by atoms with van der Waals surface area (Å²) in [6.07, 6.45) is 0.398. The number of hydrogen-bond donors (Lipinski definition) is 0. The van der Waals surface area contributed by atoms with Gasteiger partial charge in [0.1, 0.15) is 5.82 Å². The first-order valence-corrected chi connectivity index (χ1v) is 6.26. The quantitative estimate of drug-likeness (QED) is 0.769. The largest absolute Gasteiger partial charge is 0.309 e. The van der Waals surface area contributed by atoms with Crippen molar-refractivity contribution >= 4 is 39.1 Å². The van der Waals surface area contributed by atoms with Crippen molar-refractivity contribution in [3.63, 3.8) is 0 Å². The fraction of sp³-hybridized carbons (Fsp3) is 0.364. The molecule has 0 aromatic heterocycles. The summed E-state index contributed by atoms with van der Waals surface area (Å²) < 4.78 is 14.3. The van der Waals surface area contributed by atoms with Crippen LogP contribution < -0.4 is 4.90 Å². The highest BCUT2D eigenvalue weighted by atomic mass is 79.9. The van der Waals surface area contributed by atoms with Gasteiger partial charge in [0.15, 0.2) is 0 Å². The normalized spacial score (nSPS) is 20.6. The van der Waals surface area contributed by atoms with Crippen LogP contribution in [0.25, 0.3) is 0 Å². The fourth-order valence-electron chi connectivity index (χ4n) is 1.81. The molecule has 0 spiro atoms. The first-order chi connectivity index (χ1) is 7.61. The summed E-state index contributed by atoms with van der Waals surface area (Å²) in [4.78, 5) is 13.2. The summed E-state index contributed by atoms with van der Waals surface area (Å²) >= 11 is 8.98. The van der Waals surface area contributed by atoms with E-state index in [0.29, 0.717) is 24.5 Å². The highest BCUT2D eigenvalue weighted by Crippen LogP contribution is 2.30. The smallest absolute Gasteiger partial charge is 0.227 e. The Kier molecular flexibility index (Phi) is 3.50. The predicted molar refractivity (Wildman–Crippen MR) is 65.3 cm³/mol. The van der Waals surface area contributed by atoms with E-state index in [-0.39, 0.29) is 17.6 Å². The maximum absolute atomic E-state index is 13.6. The van der Waals surface area contributed by atoms with Crippen LogP contribution in [0.15, 0.2) is 22.7 Å². The van der Waals surface area contributed by atoms with E-state index >= 15 is 0 Å². The first-order valence-electron chi connectivity index (χ1n) is 4.93. The minimum Gasteiger partial charge on any atom is -0.309 e. The van der Waals surface area contributed by atoms with Gasteiger partial charge in [0.05, 0.1) is 5.69 Å². The molecule has 1 atom stereocenters. The molecule has 1 aliphatic rings. The van der Waals surface area contributed by atoms with Gasteiger partial charge >= 0.3 is 0 Å². The Labute approximate surface area is 107 Å². The number of carbonyl (C=O) groups is 1. The van der Waals surface area contributed by atoms with Crippen molar-refractivity contribution in [2.75, 3.05) is 17.3 Å². The Morgan fingerprint density at radius 1 is 1.56 bits per heavy atom. The van der Waals surface area contributed by atoms with Crippen molar-refractivity contribution in [1.82, 2.24) is 0 Å². The third kappa shape index (κ3) is 2.23. The van der Waals surface area contributed by atoms with Crippen LogP contribution in [0.3, 0.4) is 0 Å². The van der Waals surface area contributed by atoms with Gasteiger partial charge in [-0.05, 0) is 24.1 Å². The number of nitrogens with zero attached hydrogens (tertiary/aromatic N) is 1. The lowest BCUT2D eigenvalue weighted by Gasteiger charge is -2.17. The molecule has 0 bridgehead atoms. The van der Waals surface area contributed by atoms with Crippen LogP contribution in [-0.2, 0) is 4.79 Å². The van der Waals surface area contributed by atoms with Gasteiger partial charge in [0.25, 0.3) is 0 Å². The molecule has 86 valence electrons. The Bertz CT molecular complexity index is 426. The lowest BCUT2D eigenvalue weighted by Crippen LogP contribution is -2.25. The van der Waals surface area contributed by atoms with E-state index < -0.39 is 0 Å². The van der Waals surface area contributed by atoms with Gasteiger partial charge in [-0.2, -0.15) is 0 Å². The molecule has 0 radical (unpaired) electrons. The number of benzene rings is 1. The number of hydrogen-bond acceptors (Lipinski definition) is 1. The van der Waals surface area contributed by atoms with E-state index in [9.17, 15) is 9.18 Å². The summed E-state index contributed by atoms with van der Waals surface area (Å²) in [7, 11) is 0. The number of carbonyl (C=O) groups excluding carboxylic acids is 1. The molecule has 1 fully saturated rings. The molecule has 0 aliphatic carbocycles. The summed E-state index contributed by atoms with van der Waals surface area (Å²) in [5, 5.41) is 0. The van der Waals surface area contributed by atoms with Crippen molar-refractivity contribution in [1.29, 1.82) is 0 Å². The molecule has 1 amide bonds. The molecular formula is C11H10BrClFNO. The van der Waals surface area contributed by atoms with Crippen molar-refractivity contribution in [3.8, 4) is 0 Å². The van der Waals surface area contributed by atoms with Crippen LogP contribution in [0.2, 0.25) is 0 Å². The molecule has 2 nitrogen and oxygen atoms in total. The second-order valence-electron chi connectivity index (χ2n) is 3.82. The van der Waals surface area contributed by atoms with Crippen LogP contribution in [0, 0.1) is 11.7 Å². The molecule has 0 saturated carbocycles. The lowest BCUT2D eigenvalue weighted by atomic mass is 10.1. The van der Waals surface area contributed by atoms with Gasteiger partial charge in [-0.1, -0.05) is 15.9 Å². The number of halogens is 3. The second kappa shape index (κ2) is 4.72. The molecule has 1 aliphatic heterocycles. The zero-order valence-corrected chi connectivity index (χ0v) is 10.8. The maximum Gasteiger partial charge on any atom is 0.227 e. The predicted octanol–water partition coefficient (Wildman–Crippen LogP) is 3.18. The van der Waals surface area contributed by atoms with Crippen molar-refractivity contribution in [3.05, 3.63) is 28.5 Å². The van der Waals surface area contributed by atoms with Crippen molar-refractivity contribution in [2.24, 2.45) is 5.92 Å². The second-order valence-corrected chi connectivity index (χ2v) is 5.05. The van der Waals surface area contributed by atoms with Crippen molar-refractivity contribution < 1.29 is 9.18 Å². The molecule has 1 unspecified atom stereocenters. The number of rotatable bonds is 2. The summed E-state index contributed by atoms with van der Waals surface area (Å²) in [5.41, 5.74) is 0.326. The van der Waals surface area contributed by atoms with Crippen LogP contribution in [0.1, 0.15) is 6.42 Å². The van der Waals surface area contributed by atoms with E-state index in [1.165, 1.54) is 11.0 Å². The van der Waals surface area contributed by atoms with Gasteiger partial charge in [0, 0.05) is 23.3 Å². The highest BCUT2D eigenvalue weighted by molar-refractivity contribution is 9.10. The first kappa shape index (κ1) is 11.9. The van der Waals surface area contributed by atoms with Crippen LogP contribution in [-0.4, -0.2) is 18.3 Å². The standard InChI is InChI=1S/C11H10BrClFNO/c12-8-1-2-9(14)10(4-8)15-6-7(5-13)3-11(15)16/h1-2,4,7H,3,5-6H2. The maximum atomic E-state index is 13.6. The van der Waals surface area contributed by atoms with Gasteiger partial charge < -0.3 is 4.90 Å². The Morgan fingerprint density at radius 3 is 2.94 bits per heavy atom. The summed E-state index contributed by atoms with van der Waals surface area (Å²) in [6.45, 7) is 0.496. The van der Waals surface area contributed by atoms with E-state index in [2.05, 4.69) is 15.9 Å². The topological polar surface area (TPSA) is 20.3 Å². The molecule has 5 heteroatoms. The SMILES string of the molecule is O=C1CC(CCl)CN1c1cc(Br)ccc1F. The average Bonchev–Trinajstić information content (AvgIpc) is 2.63. The molecule has 1 heterocycles. The number of alkyl halides is 1. The summed E-state index contributed by atoms with van der Waals surface area (Å²) in [5.74, 6) is 0.0969. The number of anilines is 1. The Balaban J connectivity index is 2.30. The van der Waals surface area contributed by atoms with Crippen LogP contribution in [0.5, 0.6) is 0 Å². The molecular weight excluding hydrogens is 296 g/mol. The zero-order chi connectivity index (χ0) is 11.7. The van der Waals surface area contributed by atoms with Crippen molar-refractivity contribution in [2.45, 2.75) is 6.42 Å². The molecule has 0 N–H and O–H groups in total.